The van der Waals surface area contributed by atoms with Crippen LogP contribution in [0.4, 0.5) is 11.5 Å². The molecule has 0 aliphatic rings. The van der Waals surface area contributed by atoms with Crippen LogP contribution >= 0.6 is 0 Å². The van der Waals surface area contributed by atoms with Gasteiger partial charge in [-0.1, -0.05) is 18.2 Å². The molecule has 0 atom stereocenters. The zero-order valence-corrected chi connectivity index (χ0v) is 11.3. The summed E-state index contributed by atoms with van der Waals surface area (Å²) in [5, 5.41) is 5.03. The van der Waals surface area contributed by atoms with Gasteiger partial charge in [-0.2, -0.15) is 0 Å². The lowest BCUT2D eigenvalue weighted by Crippen LogP contribution is -2.29. The van der Waals surface area contributed by atoms with Gasteiger partial charge in [0, 0.05) is 11.9 Å². The summed E-state index contributed by atoms with van der Waals surface area (Å²) in [5.74, 6) is -1.12. The molecule has 0 unspecified atom stereocenters. The molecular formula is C15H15N3O2. The predicted octanol–water partition coefficient (Wildman–Crippen LogP) is 2.28. The number of hydrogen-bond donors (Lipinski definition) is 2. The molecule has 0 aliphatic heterocycles. The number of aryl methyl sites for hydroxylation is 1. The van der Waals surface area contributed by atoms with Gasteiger partial charge in [-0.05, 0) is 43.2 Å². The lowest BCUT2D eigenvalue weighted by Gasteiger charge is -2.10. The summed E-state index contributed by atoms with van der Waals surface area (Å²) >= 11 is 0. The fraction of sp³-hybridized carbons (Fsp3) is 0.133. The van der Waals surface area contributed by atoms with Crippen molar-refractivity contribution in [2.24, 2.45) is 0 Å². The Hall–Kier alpha value is -2.69. The molecular weight excluding hydrogens is 254 g/mol. The summed E-state index contributed by atoms with van der Waals surface area (Å²) in [4.78, 5) is 27.5. The van der Waals surface area contributed by atoms with E-state index in [1.54, 1.807) is 24.3 Å². The van der Waals surface area contributed by atoms with Gasteiger partial charge in [0.1, 0.15) is 5.82 Å². The first-order valence-corrected chi connectivity index (χ1v) is 6.17. The molecule has 0 saturated heterocycles. The van der Waals surface area contributed by atoms with Crippen LogP contribution in [0.15, 0.2) is 42.6 Å². The number of hydrogen-bond acceptors (Lipinski definition) is 3. The van der Waals surface area contributed by atoms with Gasteiger partial charge in [0.25, 0.3) is 0 Å². The van der Waals surface area contributed by atoms with Crippen molar-refractivity contribution in [3.8, 4) is 0 Å². The quantitative estimate of drug-likeness (QED) is 0.822. The van der Waals surface area contributed by atoms with Crippen molar-refractivity contribution in [3.05, 3.63) is 53.7 Å². The number of carbonyl (C=O) groups is 2. The van der Waals surface area contributed by atoms with Crippen molar-refractivity contribution in [1.29, 1.82) is 0 Å². The van der Waals surface area contributed by atoms with Crippen molar-refractivity contribution >= 4 is 23.3 Å². The molecule has 2 aromatic rings. The monoisotopic (exact) mass is 269 g/mol. The van der Waals surface area contributed by atoms with E-state index in [-0.39, 0.29) is 0 Å². The number of pyridine rings is 1. The molecule has 2 rings (SSSR count). The Morgan fingerprint density at radius 2 is 1.70 bits per heavy atom. The fourth-order valence-electron chi connectivity index (χ4n) is 1.68. The zero-order valence-electron chi connectivity index (χ0n) is 11.3. The molecule has 1 aromatic heterocycles. The first-order valence-electron chi connectivity index (χ1n) is 6.17. The second-order valence-corrected chi connectivity index (χ2v) is 4.37. The van der Waals surface area contributed by atoms with Crippen molar-refractivity contribution in [2.45, 2.75) is 13.8 Å². The molecule has 102 valence electrons. The number of nitrogens with one attached hydrogen (secondary N) is 2. The fourth-order valence-corrected chi connectivity index (χ4v) is 1.68. The third-order valence-corrected chi connectivity index (χ3v) is 2.97. The number of amides is 2. The summed E-state index contributed by atoms with van der Waals surface area (Å²) in [5.41, 5.74) is 2.62. The van der Waals surface area contributed by atoms with Crippen LogP contribution < -0.4 is 10.6 Å². The summed E-state index contributed by atoms with van der Waals surface area (Å²) in [6, 6.07) is 10.6. The van der Waals surface area contributed by atoms with Gasteiger partial charge in [0.2, 0.25) is 0 Å². The van der Waals surface area contributed by atoms with Crippen molar-refractivity contribution in [3.63, 3.8) is 0 Å². The first kappa shape index (κ1) is 13.7. The van der Waals surface area contributed by atoms with E-state index >= 15 is 0 Å². The summed E-state index contributed by atoms with van der Waals surface area (Å²) in [7, 11) is 0. The molecule has 5 heteroatoms. The molecule has 2 amide bonds. The van der Waals surface area contributed by atoms with Crippen molar-refractivity contribution in [1.82, 2.24) is 4.98 Å². The van der Waals surface area contributed by atoms with Gasteiger partial charge in [-0.25, -0.2) is 4.98 Å². The SMILES string of the molecule is Cc1cccc(NC(=O)C(=O)Nc2ccccn2)c1C. The molecule has 5 nitrogen and oxygen atoms in total. The molecule has 0 fully saturated rings. The smallest absolute Gasteiger partial charge is 0.315 e. The Labute approximate surface area is 117 Å². The molecule has 0 bridgehead atoms. The van der Waals surface area contributed by atoms with Gasteiger partial charge < -0.3 is 10.6 Å². The second-order valence-electron chi connectivity index (χ2n) is 4.37. The van der Waals surface area contributed by atoms with Crippen LogP contribution in [-0.2, 0) is 9.59 Å². The lowest BCUT2D eigenvalue weighted by molar-refractivity contribution is -0.133. The largest absolute Gasteiger partial charge is 0.318 e. The Morgan fingerprint density at radius 1 is 0.950 bits per heavy atom. The average molecular weight is 269 g/mol. The van der Waals surface area contributed by atoms with E-state index in [2.05, 4.69) is 15.6 Å². The van der Waals surface area contributed by atoms with Gasteiger partial charge in [0.15, 0.2) is 0 Å². The van der Waals surface area contributed by atoms with Gasteiger partial charge in [-0.3, -0.25) is 9.59 Å². The van der Waals surface area contributed by atoms with E-state index in [4.69, 9.17) is 0 Å². The van der Waals surface area contributed by atoms with E-state index in [1.165, 1.54) is 6.20 Å². The van der Waals surface area contributed by atoms with Gasteiger partial charge in [0.05, 0.1) is 0 Å². The highest BCUT2D eigenvalue weighted by atomic mass is 16.2. The number of aromatic nitrogens is 1. The van der Waals surface area contributed by atoms with E-state index in [1.807, 2.05) is 26.0 Å². The minimum Gasteiger partial charge on any atom is -0.318 e. The minimum atomic E-state index is -0.746. The van der Waals surface area contributed by atoms with Crippen LogP contribution in [0.1, 0.15) is 11.1 Å². The number of carbonyl (C=O) groups excluding carboxylic acids is 2. The molecule has 0 spiro atoms. The summed E-state index contributed by atoms with van der Waals surface area (Å²) < 4.78 is 0. The highest BCUT2D eigenvalue weighted by Gasteiger charge is 2.15. The Kier molecular flexibility index (Phi) is 4.10. The average Bonchev–Trinajstić information content (AvgIpc) is 2.45. The molecule has 1 aromatic carbocycles. The minimum absolute atomic E-state index is 0.341. The third-order valence-electron chi connectivity index (χ3n) is 2.97. The molecule has 0 radical (unpaired) electrons. The number of anilines is 2. The van der Waals surface area contributed by atoms with Gasteiger partial charge >= 0.3 is 11.8 Å². The molecule has 1 heterocycles. The Balaban J connectivity index is 2.05. The molecule has 20 heavy (non-hydrogen) atoms. The van der Waals surface area contributed by atoms with Crippen molar-refractivity contribution < 1.29 is 9.59 Å². The van der Waals surface area contributed by atoms with Crippen LogP contribution in [-0.4, -0.2) is 16.8 Å². The van der Waals surface area contributed by atoms with E-state index in [0.717, 1.165) is 11.1 Å². The first-order chi connectivity index (χ1) is 9.58. The van der Waals surface area contributed by atoms with Crippen LogP contribution in [0.3, 0.4) is 0 Å². The third kappa shape index (κ3) is 3.20. The highest BCUT2D eigenvalue weighted by molar-refractivity contribution is 6.43. The Morgan fingerprint density at radius 3 is 2.40 bits per heavy atom. The second kappa shape index (κ2) is 5.97. The van der Waals surface area contributed by atoms with E-state index in [0.29, 0.717) is 11.5 Å². The van der Waals surface area contributed by atoms with Crippen LogP contribution in [0.2, 0.25) is 0 Å². The number of rotatable bonds is 2. The van der Waals surface area contributed by atoms with E-state index < -0.39 is 11.8 Å². The van der Waals surface area contributed by atoms with Crippen LogP contribution in [0, 0.1) is 13.8 Å². The van der Waals surface area contributed by atoms with Gasteiger partial charge in [-0.15, -0.1) is 0 Å². The van der Waals surface area contributed by atoms with Crippen LogP contribution in [0.25, 0.3) is 0 Å². The predicted molar refractivity (Wildman–Crippen MR) is 77.4 cm³/mol. The topological polar surface area (TPSA) is 71.1 Å². The zero-order chi connectivity index (χ0) is 14.5. The molecule has 2 N–H and O–H groups in total. The summed E-state index contributed by atoms with van der Waals surface area (Å²) in [6.45, 7) is 3.83. The Bertz CT molecular complexity index is 639. The maximum absolute atomic E-state index is 11.8. The highest BCUT2D eigenvalue weighted by Crippen LogP contribution is 2.17. The normalized spacial score (nSPS) is 9.90. The lowest BCUT2D eigenvalue weighted by atomic mass is 10.1. The number of nitrogens with zero attached hydrogens (tertiary/aromatic N) is 1. The maximum atomic E-state index is 11.8. The van der Waals surface area contributed by atoms with E-state index in [9.17, 15) is 9.59 Å². The molecule has 0 saturated carbocycles. The standard InChI is InChI=1S/C15H15N3O2/c1-10-6-5-7-12(11(10)2)17-14(19)15(20)18-13-8-3-4-9-16-13/h3-9H,1-2H3,(H,17,19)(H,16,18,20). The maximum Gasteiger partial charge on any atom is 0.315 e. The van der Waals surface area contributed by atoms with Crippen LogP contribution in [0.5, 0.6) is 0 Å². The van der Waals surface area contributed by atoms with Crippen molar-refractivity contribution in [2.75, 3.05) is 10.6 Å². The number of benzene rings is 1. The summed E-state index contributed by atoms with van der Waals surface area (Å²) in [6.07, 6.45) is 1.54. The molecule has 0 aliphatic carbocycles.